The van der Waals surface area contributed by atoms with Crippen molar-refractivity contribution in [3.63, 3.8) is 0 Å². The Bertz CT molecular complexity index is 596. The molecule has 0 saturated carbocycles. The van der Waals surface area contributed by atoms with Gasteiger partial charge in [0.05, 0.1) is 0 Å². The van der Waals surface area contributed by atoms with Crippen LogP contribution >= 0.6 is 0 Å². The van der Waals surface area contributed by atoms with Crippen molar-refractivity contribution in [1.82, 2.24) is 15.5 Å². The van der Waals surface area contributed by atoms with Crippen LogP contribution in [0.4, 0.5) is 0 Å². The highest BCUT2D eigenvalue weighted by Crippen LogP contribution is 2.40. The molecule has 142 valence electrons. The molecule has 2 N–H and O–H groups in total. The highest BCUT2D eigenvalue weighted by molar-refractivity contribution is 5.94. The molecule has 4 rings (SSSR count). The van der Waals surface area contributed by atoms with Crippen molar-refractivity contribution >= 4 is 5.91 Å². The minimum Gasteiger partial charge on any atom is -0.352 e. The van der Waals surface area contributed by atoms with Crippen molar-refractivity contribution in [3.8, 4) is 0 Å². The predicted octanol–water partition coefficient (Wildman–Crippen LogP) is 2.98. The smallest absolute Gasteiger partial charge is 0.251 e. The molecule has 0 spiro atoms. The lowest BCUT2D eigenvalue weighted by Crippen LogP contribution is -2.41. The zero-order valence-electron chi connectivity index (χ0n) is 15.9. The SMILES string of the molecule is O=C(NCCC12CCCN1CCC2)c1ccc(C[C@H]2CCCNC2)cc1. The summed E-state index contributed by atoms with van der Waals surface area (Å²) in [7, 11) is 0. The van der Waals surface area contributed by atoms with Gasteiger partial charge in [0.25, 0.3) is 5.91 Å². The van der Waals surface area contributed by atoms with Gasteiger partial charge in [0, 0.05) is 17.6 Å². The molecule has 0 radical (unpaired) electrons. The van der Waals surface area contributed by atoms with E-state index in [2.05, 4.69) is 27.7 Å². The monoisotopic (exact) mass is 355 g/mol. The Hall–Kier alpha value is -1.39. The van der Waals surface area contributed by atoms with Crippen LogP contribution in [0, 0.1) is 5.92 Å². The summed E-state index contributed by atoms with van der Waals surface area (Å²) in [6.07, 6.45) is 10.1. The Balaban J connectivity index is 1.25. The van der Waals surface area contributed by atoms with Crippen LogP contribution in [-0.2, 0) is 6.42 Å². The Morgan fingerprint density at radius 3 is 2.62 bits per heavy atom. The van der Waals surface area contributed by atoms with E-state index < -0.39 is 0 Å². The van der Waals surface area contributed by atoms with Crippen LogP contribution in [0.15, 0.2) is 24.3 Å². The molecule has 1 aromatic carbocycles. The third-order valence-corrected chi connectivity index (χ3v) is 6.83. The van der Waals surface area contributed by atoms with Gasteiger partial charge in [-0.2, -0.15) is 0 Å². The minimum atomic E-state index is 0.0785. The van der Waals surface area contributed by atoms with E-state index in [1.807, 2.05) is 12.1 Å². The van der Waals surface area contributed by atoms with Crippen LogP contribution in [0.2, 0.25) is 0 Å². The van der Waals surface area contributed by atoms with Crippen LogP contribution in [-0.4, -0.2) is 49.1 Å². The van der Waals surface area contributed by atoms with Gasteiger partial charge < -0.3 is 10.6 Å². The third-order valence-electron chi connectivity index (χ3n) is 6.83. The average molecular weight is 356 g/mol. The number of hydrogen-bond donors (Lipinski definition) is 2. The summed E-state index contributed by atoms with van der Waals surface area (Å²) in [5, 5.41) is 6.64. The summed E-state index contributed by atoms with van der Waals surface area (Å²) in [6, 6.07) is 8.27. The van der Waals surface area contributed by atoms with Gasteiger partial charge in [-0.25, -0.2) is 0 Å². The molecule has 0 bridgehead atoms. The lowest BCUT2D eigenvalue weighted by atomic mass is 9.90. The van der Waals surface area contributed by atoms with Crippen LogP contribution in [0.25, 0.3) is 0 Å². The summed E-state index contributed by atoms with van der Waals surface area (Å²) >= 11 is 0. The van der Waals surface area contributed by atoms with E-state index in [0.717, 1.165) is 44.0 Å². The number of hydrogen-bond acceptors (Lipinski definition) is 3. The fraction of sp³-hybridized carbons (Fsp3) is 0.682. The molecule has 3 heterocycles. The summed E-state index contributed by atoms with van der Waals surface area (Å²) < 4.78 is 0. The van der Waals surface area contributed by atoms with Gasteiger partial charge in [-0.3, -0.25) is 9.69 Å². The topological polar surface area (TPSA) is 44.4 Å². The Labute approximate surface area is 157 Å². The zero-order chi connectivity index (χ0) is 17.8. The third kappa shape index (κ3) is 3.96. The number of benzene rings is 1. The quantitative estimate of drug-likeness (QED) is 0.825. The maximum atomic E-state index is 12.5. The second kappa shape index (κ2) is 8.10. The number of fused-ring (bicyclic) bond motifs is 1. The maximum Gasteiger partial charge on any atom is 0.251 e. The molecule has 3 fully saturated rings. The molecule has 3 aliphatic rings. The zero-order valence-corrected chi connectivity index (χ0v) is 15.9. The van der Waals surface area contributed by atoms with Crippen molar-refractivity contribution in [1.29, 1.82) is 0 Å². The normalized spacial score (nSPS) is 25.2. The molecule has 0 aromatic heterocycles. The second-order valence-corrected chi connectivity index (χ2v) is 8.54. The summed E-state index contributed by atoms with van der Waals surface area (Å²) in [4.78, 5) is 15.1. The van der Waals surface area contributed by atoms with Gasteiger partial charge in [-0.1, -0.05) is 12.1 Å². The van der Waals surface area contributed by atoms with E-state index in [9.17, 15) is 4.79 Å². The molecule has 1 amide bonds. The lowest BCUT2D eigenvalue weighted by Gasteiger charge is -2.32. The Morgan fingerprint density at radius 1 is 1.15 bits per heavy atom. The van der Waals surface area contributed by atoms with Gasteiger partial charge >= 0.3 is 0 Å². The van der Waals surface area contributed by atoms with Crippen molar-refractivity contribution < 1.29 is 4.79 Å². The number of carbonyl (C=O) groups is 1. The Morgan fingerprint density at radius 2 is 1.92 bits per heavy atom. The minimum absolute atomic E-state index is 0.0785. The van der Waals surface area contributed by atoms with E-state index in [1.165, 1.54) is 57.2 Å². The Kier molecular flexibility index (Phi) is 5.60. The fourth-order valence-electron chi connectivity index (χ4n) is 5.37. The highest BCUT2D eigenvalue weighted by atomic mass is 16.1. The van der Waals surface area contributed by atoms with Crippen LogP contribution < -0.4 is 10.6 Å². The van der Waals surface area contributed by atoms with Crippen LogP contribution in [0.5, 0.6) is 0 Å². The van der Waals surface area contributed by atoms with E-state index in [-0.39, 0.29) is 5.91 Å². The molecule has 1 aromatic rings. The van der Waals surface area contributed by atoms with Gasteiger partial charge in [-0.15, -0.1) is 0 Å². The second-order valence-electron chi connectivity index (χ2n) is 8.54. The average Bonchev–Trinajstić information content (AvgIpc) is 3.23. The highest BCUT2D eigenvalue weighted by Gasteiger charge is 2.43. The van der Waals surface area contributed by atoms with Crippen molar-refractivity contribution in [2.75, 3.05) is 32.7 Å². The molecule has 26 heavy (non-hydrogen) atoms. The van der Waals surface area contributed by atoms with Gasteiger partial charge in [0.2, 0.25) is 0 Å². The van der Waals surface area contributed by atoms with E-state index in [1.54, 1.807) is 0 Å². The van der Waals surface area contributed by atoms with E-state index >= 15 is 0 Å². The molecule has 4 nitrogen and oxygen atoms in total. The number of nitrogens with zero attached hydrogens (tertiary/aromatic N) is 1. The molecular weight excluding hydrogens is 322 g/mol. The first-order valence-electron chi connectivity index (χ1n) is 10.6. The van der Waals surface area contributed by atoms with Crippen molar-refractivity contribution in [3.05, 3.63) is 35.4 Å². The standard InChI is InChI=1S/C22H33N3O/c26-21(24-13-11-22-9-2-14-25(22)15-3-10-22)20-7-5-18(6-8-20)16-19-4-1-12-23-17-19/h5-8,19,23H,1-4,9-17H2,(H,24,26)/t19-/m1/s1. The number of amides is 1. The van der Waals surface area contributed by atoms with Crippen molar-refractivity contribution in [2.24, 2.45) is 5.92 Å². The van der Waals surface area contributed by atoms with Gasteiger partial charge in [-0.05, 0) is 101 Å². The molecule has 3 aliphatic heterocycles. The summed E-state index contributed by atoms with van der Waals surface area (Å²) in [5.41, 5.74) is 2.54. The number of nitrogens with one attached hydrogen (secondary N) is 2. The van der Waals surface area contributed by atoms with E-state index in [0.29, 0.717) is 5.54 Å². The summed E-state index contributed by atoms with van der Waals surface area (Å²) in [5.74, 6) is 0.818. The largest absolute Gasteiger partial charge is 0.352 e. The first kappa shape index (κ1) is 18.0. The summed E-state index contributed by atoms with van der Waals surface area (Å²) in [6.45, 7) is 5.60. The molecule has 0 unspecified atom stereocenters. The van der Waals surface area contributed by atoms with Gasteiger partial charge in [0.15, 0.2) is 0 Å². The number of piperidine rings is 1. The molecule has 1 atom stereocenters. The lowest BCUT2D eigenvalue weighted by molar-refractivity contribution is 0.0943. The van der Waals surface area contributed by atoms with Crippen LogP contribution in [0.1, 0.15) is 60.9 Å². The molecule has 3 saturated heterocycles. The first-order valence-corrected chi connectivity index (χ1v) is 10.6. The maximum absolute atomic E-state index is 12.5. The predicted molar refractivity (Wildman–Crippen MR) is 105 cm³/mol. The number of rotatable bonds is 6. The van der Waals surface area contributed by atoms with E-state index in [4.69, 9.17) is 0 Å². The molecule has 4 heteroatoms. The fourth-order valence-corrected chi connectivity index (χ4v) is 5.37. The molecule has 0 aliphatic carbocycles. The van der Waals surface area contributed by atoms with Crippen LogP contribution in [0.3, 0.4) is 0 Å². The van der Waals surface area contributed by atoms with Crippen molar-refractivity contribution in [2.45, 2.75) is 56.9 Å². The van der Waals surface area contributed by atoms with Gasteiger partial charge in [0.1, 0.15) is 0 Å². The number of carbonyl (C=O) groups excluding carboxylic acids is 1. The first-order chi connectivity index (χ1) is 12.8. The molecular formula is C22H33N3O.